The fraction of sp³-hybridized carbons (Fsp3) is 0.667. The molecular weight excluding hydrogens is 392 g/mol. The number of hydrogen-bond acceptors (Lipinski definition) is 4. The summed E-state index contributed by atoms with van der Waals surface area (Å²) in [6, 6.07) is 8.18. The van der Waals surface area contributed by atoms with Crippen LogP contribution in [0.3, 0.4) is 0 Å². The lowest BCUT2D eigenvalue weighted by Gasteiger charge is -2.30. The first-order chi connectivity index (χ1) is 15.1. The number of nitrogens with one attached hydrogen (secondary N) is 3. The van der Waals surface area contributed by atoms with E-state index in [2.05, 4.69) is 20.9 Å². The molecule has 7 heteroatoms. The lowest BCUT2D eigenvalue weighted by Crippen LogP contribution is -2.43. The monoisotopic (exact) mass is 430 g/mol. The van der Waals surface area contributed by atoms with E-state index < -0.39 is 0 Å². The van der Waals surface area contributed by atoms with Gasteiger partial charge in [-0.1, -0.05) is 25.0 Å². The molecule has 2 aliphatic rings. The Hall–Kier alpha value is -2.28. The van der Waals surface area contributed by atoms with Crippen LogP contribution < -0.4 is 20.7 Å². The van der Waals surface area contributed by atoms with Crippen molar-refractivity contribution in [1.29, 1.82) is 0 Å². The van der Waals surface area contributed by atoms with Crippen LogP contribution >= 0.6 is 0 Å². The summed E-state index contributed by atoms with van der Waals surface area (Å²) in [4.78, 5) is 16.2. The third kappa shape index (κ3) is 8.05. The third-order valence-corrected chi connectivity index (χ3v) is 6.17. The lowest BCUT2D eigenvalue weighted by atomic mass is 9.83. The van der Waals surface area contributed by atoms with Crippen molar-refractivity contribution in [1.82, 2.24) is 16.0 Å². The Bertz CT molecular complexity index is 727. The Morgan fingerprint density at radius 1 is 1.23 bits per heavy atom. The van der Waals surface area contributed by atoms with Crippen LogP contribution in [-0.4, -0.2) is 51.3 Å². The molecule has 0 spiro atoms. The quantitative estimate of drug-likeness (QED) is 0.270. The molecule has 0 saturated heterocycles. The van der Waals surface area contributed by atoms with Gasteiger partial charge in [0.05, 0.1) is 0 Å². The van der Waals surface area contributed by atoms with E-state index in [1.165, 1.54) is 25.7 Å². The Labute approximate surface area is 186 Å². The summed E-state index contributed by atoms with van der Waals surface area (Å²) in [7, 11) is 1.80. The van der Waals surface area contributed by atoms with E-state index in [0.29, 0.717) is 23.8 Å². The van der Waals surface area contributed by atoms with Crippen molar-refractivity contribution in [2.24, 2.45) is 10.4 Å². The van der Waals surface area contributed by atoms with E-state index in [9.17, 15) is 4.79 Å². The summed E-state index contributed by atoms with van der Waals surface area (Å²) in [5, 5.41) is 9.86. The van der Waals surface area contributed by atoms with Crippen molar-refractivity contribution < 1.29 is 14.3 Å². The molecule has 2 saturated carbocycles. The van der Waals surface area contributed by atoms with E-state index in [4.69, 9.17) is 9.47 Å². The summed E-state index contributed by atoms with van der Waals surface area (Å²) in [6.07, 6.45) is 8.34. The molecule has 0 unspecified atom stereocenters. The highest BCUT2D eigenvalue weighted by atomic mass is 16.5. The number of amides is 1. The summed E-state index contributed by atoms with van der Waals surface area (Å²) in [5.74, 6) is 1.45. The standard InChI is InChI=1S/C24H38N4O3/c1-3-30-14-13-24(11-4-5-12-24)18-27-23(25-2)26-16-19-7-6-8-21(15-19)31-17-22(29)28-20-9-10-20/h6-8,15,20H,3-5,9-14,16-18H2,1-2H3,(H,28,29)(H2,25,26,27). The van der Waals surface area contributed by atoms with E-state index in [0.717, 1.165) is 50.5 Å². The zero-order chi connectivity index (χ0) is 21.9. The van der Waals surface area contributed by atoms with Crippen LogP contribution in [-0.2, 0) is 16.1 Å². The molecule has 172 valence electrons. The van der Waals surface area contributed by atoms with Gasteiger partial charge >= 0.3 is 0 Å². The maximum atomic E-state index is 11.8. The number of hydrogen-bond donors (Lipinski definition) is 3. The van der Waals surface area contributed by atoms with Crippen LogP contribution in [0.1, 0.15) is 57.4 Å². The van der Waals surface area contributed by atoms with Crippen LogP contribution in [0.25, 0.3) is 0 Å². The van der Waals surface area contributed by atoms with Gasteiger partial charge in [0.15, 0.2) is 12.6 Å². The highest BCUT2D eigenvalue weighted by Gasteiger charge is 2.33. The van der Waals surface area contributed by atoms with Crippen molar-refractivity contribution in [2.45, 2.75) is 64.5 Å². The molecule has 0 atom stereocenters. The molecule has 0 bridgehead atoms. The molecule has 1 aromatic carbocycles. The predicted octanol–water partition coefficient (Wildman–Crippen LogP) is 3.00. The van der Waals surface area contributed by atoms with Crippen LogP contribution in [0.4, 0.5) is 0 Å². The molecule has 2 aliphatic carbocycles. The molecule has 0 aromatic heterocycles. The molecule has 0 aliphatic heterocycles. The summed E-state index contributed by atoms with van der Waals surface area (Å²) in [5.41, 5.74) is 1.39. The normalized spacial score (nSPS) is 17.9. The van der Waals surface area contributed by atoms with Gasteiger partial charge in [-0.3, -0.25) is 9.79 Å². The number of carbonyl (C=O) groups is 1. The second-order valence-corrected chi connectivity index (χ2v) is 8.71. The minimum absolute atomic E-state index is 0.0548. The van der Waals surface area contributed by atoms with E-state index >= 15 is 0 Å². The van der Waals surface area contributed by atoms with Gasteiger partial charge in [-0.2, -0.15) is 0 Å². The Kier molecular flexibility index (Phi) is 9.00. The Morgan fingerprint density at radius 3 is 2.74 bits per heavy atom. The summed E-state index contributed by atoms with van der Waals surface area (Å²) < 4.78 is 11.3. The van der Waals surface area contributed by atoms with Crippen molar-refractivity contribution in [3.63, 3.8) is 0 Å². The SMILES string of the molecule is CCOCCC1(CNC(=NC)NCc2cccc(OCC(=O)NC3CC3)c2)CCCC1. The largest absolute Gasteiger partial charge is 0.484 e. The van der Waals surface area contributed by atoms with E-state index in [1.54, 1.807) is 7.05 Å². The fourth-order valence-electron chi connectivity index (χ4n) is 4.14. The van der Waals surface area contributed by atoms with Crippen molar-refractivity contribution >= 4 is 11.9 Å². The fourth-order valence-corrected chi connectivity index (χ4v) is 4.14. The highest BCUT2D eigenvalue weighted by molar-refractivity contribution is 5.79. The third-order valence-electron chi connectivity index (χ3n) is 6.17. The van der Waals surface area contributed by atoms with Crippen molar-refractivity contribution in [3.05, 3.63) is 29.8 Å². The van der Waals surface area contributed by atoms with Gasteiger partial charge in [0, 0.05) is 39.4 Å². The van der Waals surface area contributed by atoms with Crippen LogP contribution in [0, 0.1) is 5.41 Å². The molecule has 1 amide bonds. The molecule has 0 heterocycles. The number of rotatable bonds is 12. The molecule has 1 aromatic rings. The second-order valence-electron chi connectivity index (χ2n) is 8.71. The number of benzene rings is 1. The molecule has 3 rings (SSSR count). The second kappa shape index (κ2) is 11.9. The van der Waals surface area contributed by atoms with Crippen LogP contribution in [0.15, 0.2) is 29.3 Å². The number of guanidine groups is 1. The minimum atomic E-state index is -0.0548. The van der Waals surface area contributed by atoms with Gasteiger partial charge < -0.3 is 25.4 Å². The van der Waals surface area contributed by atoms with E-state index in [1.807, 2.05) is 31.2 Å². The highest BCUT2D eigenvalue weighted by Crippen LogP contribution is 2.40. The molecule has 2 fully saturated rings. The molecular formula is C24H38N4O3. The first-order valence-corrected chi connectivity index (χ1v) is 11.7. The maximum Gasteiger partial charge on any atom is 0.258 e. The van der Waals surface area contributed by atoms with Gasteiger partial charge in [0.1, 0.15) is 5.75 Å². The van der Waals surface area contributed by atoms with E-state index in [-0.39, 0.29) is 12.5 Å². The number of carbonyl (C=O) groups excluding carboxylic acids is 1. The molecule has 3 N–H and O–H groups in total. The average molecular weight is 431 g/mol. The van der Waals surface area contributed by atoms with Crippen molar-refractivity contribution in [2.75, 3.05) is 33.4 Å². The molecule has 31 heavy (non-hydrogen) atoms. The number of nitrogens with zero attached hydrogens (tertiary/aromatic N) is 1. The molecule has 0 radical (unpaired) electrons. The predicted molar refractivity (Wildman–Crippen MR) is 123 cm³/mol. The number of aliphatic imine (C=N–C) groups is 1. The Balaban J connectivity index is 1.43. The van der Waals surface area contributed by atoms with Crippen LogP contribution in [0.2, 0.25) is 0 Å². The summed E-state index contributed by atoms with van der Waals surface area (Å²) in [6.45, 7) is 5.27. The zero-order valence-corrected chi connectivity index (χ0v) is 19.0. The zero-order valence-electron chi connectivity index (χ0n) is 19.0. The van der Waals surface area contributed by atoms with Gasteiger partial charge in [0.25, 0.3) is 5.91 Å². The van der Waals surface area contributed by atoms with Gasteiger partial charge in [-0.15, -0.1) is 0 Å². The first kappa shape index (κ1) is 23.4. The molecule has 7 nitrogen and oxygen atoms in total. The Morgan fingerprint density at radius 2 is 2.03 bits per heavy atom. The smallest absolute Gasteiger partial charge is 0.258 e. The average Bonchev–Trinajstić information content (AvgIpc) is 3.47. The van der Waals surface area contributed by atoms with Gasteiger partial charge in [0.2, 0.25) is 0 Å². The minimum Gasteiger partial charge on any atom is -0.484 e. The van der Waals surface area contributed by atoms with Gasteiger partial charge in [-0.05, 0) is 62.1 Å². The summed E-state index contributed by atoms with van der Waals surface area (Å²) >= 11 is 0. The van der Waals surface area contributed by atoms with Gasteiger partial charge in [-0.25, -0.2) is 0 Å². The van der Waals surface area contributed by atoms with Crippen molar-refractivity contribution in [3.8, 4) is 5.75 Å². The first-order valence-electron chi connectivity index (χ1n) is 11.7. The lowest BCUT2D eigenvalue weighted by molar-refractivity contribution is -0.123. The number of ether oxygens (including phenoxy) is 2. The van der Waals surface area contributed by atoms with Crippen LogP contribution in [0.5, 0.6) is 5.75 Å². The maximum absolute atomic E-state index is 11.8. The topological polar surface area (TPSA) is 84.0 Å².